The molecule has 0 aliphatic carbocycles. The van der Waals surface area contributed by atoms with Crippen LogP contribution in [0.4, 0.5) is 0 Å². The number of esters is 2. The van der Waals surface area contributed by atoms with Gasteiger partial charge in [-0.25, -0.2) is 9.59 Å². The fourth-order valence-corrected chi connectivity index (χ4v) is 3.80. The molecule has 0 aliphatic heterocycles. The summed E-state index contributed by atoms with van der Waals surface area (Å²) in [6, 6.07) is 16.7. The molecule has 0 aromatic heterocycles. The molecule has 30 heavy (non-hydrogen) atoms. The predicted octanol–water partition coefficient (Wildman–Crippen LogP) is 4.64. The van der Waals surface area contributed by atoms with Gasteiger partial charge in [-0.2, -0.15) is 0 Å². The molecule has 4 aromatic rings. The normalized spacial score (nSPS) is 10.9. The molecule has 2 N–H and O–H groups in total. The van der Waals surface area contributed by atoms with Crippen LogP contribution in [0.15, 0.2) is 60.7 Å². The average molecular weight is 402 g/mol. The predicted molar refractivity (Wildman–Crippen MR) is 113 cm³/mol. The highest BCUT2D eigenvalue weighted by Crippen LogP contribution is 2.46. The molecule has 150 valence electrons. The van der Waals surface area contributed by atoms with Gasteiger partial charge in [0, 0.05) is 11.1 Å². The second kappa shape index (κ2) is 7.40. The average Bonchev–Trinajstić information content (AvgIpc) is 2.78. The molecule has 0 aliphatic rings. The molecular formula is C24H18O6. The first kappa shape index (κ1) is 19.3. The lowest BCUT2D eigenvalue weighted by molar-refractivity contribution is 0.0593. The van der Waals surface area contributed by atoms with Crippen molar-refractivity contribution < 1.29 is 29.3 Å². The SMILES string of the molecule is COC(=O)c1cc(O)c(-c2c(O)cc(C(=O)OC)c3ccccc23)c2ccccc12. The quantitative estimate of drug-likeness (QED) is 0.485. The maximum atomic E-state index is 12.2. The van der Waals surface area contributed by atoms with Gasteiger partial charge in [0.15, 0.2) is 0 Å². The van der Waals surface area contributed by atoms with Gasteiger partial charge in [-0.15, -0.1) is 0 Å². The number of carbonyl (C=O) groups is 2. The van der Waals surface area contributed by atoms with Gasteiger partial charge < -0.3 is 19.7 Å². The Morgan fingerprint density at radius 3 is 1.30 bits per heavy atom. The molecule has 0 saturated heterocycles. The fraction of sp³-hybridized carbons (Fsp3) is 0.0833. The lowest BCUT2D eigenvalue weighted by atomic mass is 9.89. The first-order valence-corrected chi connectivity index (χ1v) is 9.14. The molecule has 6 heteroatoms. The summed E-state index contributed by atoms with van der Waals surface area (Å²) in [5.74, 6) is -1.55. The molecule has 4 rings (SSSR count). The largest absolute Gasteiger partial charge is 0.507 e. The van der Waals surface area contributed by atoms with Crippen molar-refractivity contribution in [2.75, 3.05) is 14.2 Å². The van der Waals surface area contributed by atoms with Crippen molar-refractivity contribution in [1.29, 1.82) is 0 Å². The van der Waals surface area contributed by atoms with Gasteiger partial charge in [0.25, 0.3) is 0 Å². The maximum absolute atomic E-state index is 12.2. The van der Waals surface area contributed by atoms with Crippen molar-refractivity contribution >= 4 is 33.5 Å². The van der Waals surface area contributed by atoms with Gasteiger partial charge in [-0.3, -0.25) is 0 Å². The zero-order valence-corrected chi connectivity index (χ0v) is 16.3. The summed E-state index contributed by atoms with van der Waals surface area (Å²) >= 11 is 0. The number of hydrogen-bond acceptors (Lipinski definition) is 6. The van der Waals surface area contributed by atoms with E-state index in [1.807, 2.05) is 0 Å². The first-order valence-electron chi connectivity index (χ1n) is 9.14. The third-order valence-electron chi connectivity index (χ3n) is 5.11. The molecule has 0 unspecified atom stereocenters. The number of aromatic hydroxyl groups is 2. The summed E-state index contributed by atoms with van der Waals surface area (Å²) in [4.78, 5) is 24.5. The van der Waals surface area contributed by atoms with E-state index < -0.39 is 11.9 Å². The van der Waals surface area contributed by atoms with Crippen LogP contribution in [0, 0.1) is 0 Å². The third kappa shape index (κ3) is 2.90. The van der Waals surface area contributed by atoms with Crippen LogP contribution in [0.1, 0.15) is 20.7 Å². The number of benzene rings is 4. The fourth-order valence-electron chi connectivity index (χ4n) is 3.80. The molecule has 0 fully saturated rings. The molecule has 0 radical (unpaired) electrons. The van der Waals surface area contributed by atoms with E-state index in [9.17, 15) is 19.8 Å². The highest BCUT2D eigenvalue weighted by molar-refractivity contribution is 6.17. The summed E-state index contributed by atoms with van der Waals surface area (Å²) in [7, 11) is 2.54. The van der Waals surface area contributed by atoms with E-state index in [0.29, 0.717) is 32.7 Å². The van der Waals surface area contributed by atoms with Crippen LogP contribution in [0.2, 0.25) is 0 Å². The Morgan fingerprint density at radius 1 is 0.633 bits per heavy atom. The topological polar surface area (TPSA) is 93.1 Å². The number of rotatable bonds is 3. The number of phenols is 2. The van der Waals surface area contributed by atoms with E-state index in [4.69, 9.17) is 9.47 Å². The van der Waals surface area contributed by atoms with Crippen molar-refractivity contribution in [2.24, 2.45) is 0 Å². The summed E-state index contributed by atoms with van der Waals surface area (Å²) in [6.07, 6.45) is 0. The van der Waals surface area contributed by atoms with E-state index in [1.165, 1.54) is 26.4 Å². The van der Waals surface area contributed by atoms with Crippen LogP contribution in [0.25, 0.3) is 32.7 Å². The zero-order valence-electron chi connectivity index (χ0n) is 16.3. The Labute approximate surface area is 171 Å². The Kier molecular flexibility index (Phi) is 4.75. The van der Waals surface area contributed by atoms with Crippen LogP contribution < -0.4 is 0 Å². The molecular weight excluding hydrogens is 384 g/mol. The number of carbonyl (C=O) groups excluding carboxylic acids is 2. The summed E-state index contributed by atoms with van der Waals surface area (Å²) in [6.45, 7) is 0. The lowest BCUT2D eigenvalue weighted by Gasteiger charge is -2.17. The zero-order chi connectivity index (χ0) is 21.4. The maximum Gasteiger partial charge on any atom is 0.338 e. The van der Waals surface area contributed by atoms with Gasteiger partial charge >= 0.3 is 11.9 Å². The smallest absolute Gasteiger partial charge is 0.338 e. The van der Waals surface area contributed by atoms with Crippen LogP contribution >= 0.6 is 0 Å². The monoisotopic (exact) mass is 402 g/mol. The highest BCUT2D eigenvalue weighted by atomic mass is 16.5. The van der Waals surface area contributed by atoms with Crippen molar-refractivity contribution in [3.63, 3.8) is 0 Å². The molecule has 0 spiro atoms. The summed E-state index contributed by atoms with van der Waals surface area (Å²) < 4.78 is 9.69. The second-order valence-electron chi connectivity index (χ2n) is 6.71. The van der Waals surface area contributed by atoms with Crippen LogP contribution in [0.3, 0.4) is 0 Å². The number of fused-ring (bicyclic) bond motifs is 2. The third-order valence-corrected chi connectivity index (χ3v) is 5.11. The lowest BCUT2D eigenvalue weighted by Crippen LogP contribution is -2.04. The van der Waals surface area contributed by atoms with E-state index in [2.05, 4.69) is 0 Å². The van der Waals surface area contributed by atoms with Crippen LogP contribution in [0.5, 0.6) is 11.5 Å². The molecule has 4 aromatic carbocycles. The van der Waals surface area contributed by atoms with Gasteiger partial charge in [-0.1, -0.05) is 48.5 Å². The number of ether oxygens (including phenoxy) is 2. The standard InChI is InChI=1S/C24H18O6/c1-29-23(27)17-11-19(25)21(15-9-5-3-7-13(15)17)22-16-10-6-4-8-14(16)18(12-20(22)26)24(28)30-2/h3-12,25-26H,1-2H3. The first-order chi connectivity index (χ1) is 14.5. The van der Waals surface area contributed by atoms with Gasteiger partial charge in [0.2, 0.25) is 0 Å². The van der Waals surface area contributed by atoms with Crippen molar-refractivity contribution in [3.05, 3.63) is 71.8 Å². The molecule has 0 atom stereocenters. The van der Waals surface area contributed by atoms with Crippen LogP contribution in [-0.4, -0.2) is 36.4 Å². The summed E-state index contributed by atoms with van der Waals surface area (Å²) in [5.41, 5.74) is 1.13. The minimum Gasteiger partial charge on any atom is -0.507 e. The van der Waals surface area contributed by atoms with Crippen molar-refractivity contribution in [2.45, 2.75) is 0 Å². The molecule has 0 saturated carbocycles. The van der Waals surface area contributed by atoms with Gasteiger partial charge in [0.1, 0.15) is 11.5 Å². The second-order valence-corrected chi connectivity index (χ2v) is 6.71. The van der Waals surface area contributed by atoms with E-state index in [0.717, 1.165) is 0 Å². The van der Waals surface area contributed by atoms with Crippen molar-refractivity contribution in [3.8, 4) is 22.6 Å². The molecule has 0 heterocycles. The number of hydrogen-bond donors (Lipinski definition) is 2. The minimum atomic E-state index is -0.580. The Morgan fingerprint density at radius 2 is 0.967 bits per heavy atom. The van der Waals surface area contributed by atoms with E-state index in [1.54, 1.807) is 48.5 Å². The number of methoxy groups -OCH3 is 2. The van der Waals surface area contributed by atoms with Gasteiger partial charge in [-0.05, 0) is 33.7 Å². The van der Waals surface area contributed by atoms with Gasteiger partial charge in [0.05, 0.1) is 25.3 Å². The molecule has 6 nitrogen and oxygen atoms in total. The van der Waals surface area contributed by atoms with Crippen LogP contribution in [-0.2, 0) is 9.47 Å². The van der Waals surface area contributed by atoms with Crippen molar-refractivity contribution in [1.82, 2.24) is 0 Å². The highest BCUT2D eigenvalue weighted by Gasteiger charge is 2.23. The molecule has 0 amide bonds. The van der Waals surface area contributed by atoms with E-state index >= 15 is 0 Å². The Balaban J connectivity index is 2.15. The Hall–Kier alpha value is -4.06. The summed E-state index contributed by atoms with van der Waals surface area (Å²) in [5, 5.41) is 24.0. The van der Waals surface area contributed by atoms with E-state index in [-0.39, 0.29) is 22.6 Å². The Bertz CT molecular complexity index is 1220. The number of phenolic OH excluding ortho intramolecular Hbond substituents is 2. The minimum absolute atomic E-state index is 0.194. The molecule has 0 bridgehead atoms.